The van der Waals surface area contributed by atoms with Crippen LogP contribution in [0, 0.1) is 0 Å². The molecular formula is C22H24N2O3. The summed E-state index contributed by atoms with van der Waals surface area (Å²) < 4.78 is 12.0. The third kappa shape index (κ3) is 2.61. The first-order valence-electron chi connectivity index (χ1n) is 9.71. The standard InChI is InChI=1S/C22H24N2O3/c25-21-19-9-5-4-8-18(19)20(16-23-10-13-26-14-11-23)22(24(21)12-15-27-22)17-6-2-1-3-7-17/h1-9,20H,10-16H2/t20-,22-/m1/s1. The lowest BCUT2D eigenvalue weighted by molar-refractivity contribution is -0.109. The minimum atomic E-state index is -0.731. The molecule has 0 spiro atoms. The molecule has 2 saturated heterocycles. The molecule has 3 aliphatic rings. The molecule has 3 aliphatic heterocycles. The molecule has 0 radical (unpaired) electrons. The number of carbonyl (C=O) groups is 1. The third-order valence-corrected chi connectivity index (χ3v) is 6.05. The minimum absolute atomic E-state index is 0.0643. The predicted molar refractivity (Wildman–Crippen MR) is 102 cm³/mol. The lowest BCUT2D eigenvalue weighted by atomic mass is 9.76. The van der Waals surface area contributed by atoms with Gasteiger partial charge in [-0.3, -0.25) is 9.69 Å². The van der Waals surface area contributed by atoms with E-state index in [9.17, 15) is 4.79 Å². The Morgan fingerprint density at radius 3 is 2.48 bits per heavy atom. The number of hydrogen-bond donors (Lipinski definition) is 0. The van der Waals surface area contributed by atoms with Crippen LogP contribution in [0.4, 0.5) is 0 Å². The molecule has 0 aliphatic carbocycles. The Kier molecular flexibility index (Phi) is 4.23. The van der Waals surface area contributed by atoms with Gasteiger partial charge in [0, 0.05) is 37.3 Å². The van der Waals surface area contributed by atoms with Crippen LogP contribution in [-0.2, 0) is 15.2 Å². The fraction of sp³-hybridized carbons (Fsp3) is 0.409. The zero-order valence-electron chi connectivity index (χ0n) is 15.3. The molecule has 0 saturated carbocycles. The second-order valence-corrected chi connectivity index (χ2v) is 7.42. The Labute approximate surface area is 159 Å². The fourth-order valence-corrected chi connectivity index (χ4v) is 4.81. The molecule has 3 heterocycles. The Morgan fingerprint density at radius 1 is 0.926 bits per heavy atom. The van der Waals surface area contributed by atoms with Crippen LogP contribution in [0.2, 0.25) is 0 Å². The summed E-state index contributed by atoms with van der Waals surface area (Å²) in [5, 5.41) is 0. The van der Waals surface area contributed by atoms with Crippen LogP contribution in [0.1, 0.15) is 27.4 Å². The van der Waals surface area contributed by atoms with Crippen molar-refractivity contribution in [3.05, 3.63) is 71.3 Å². The lowest BCUT2D eigenvalue weighted by Crippen LogP contribution is -2.56. The Balaban J connectivity index is 1.66. The summed E-state index contributed by atoms with van der Waals surface area (Å²) in [6.45, 7) is 5.39. The third-order valence-electron chi connectivity index (χ3n) is 6.05. The van der Waals surface area contributed by atoms with Crippen LogP contribution in [0.3, 0.4) is 0 Å². The molecule has 5 rings (SSSR count). The first-order chi connectivity index (χ1) is 13.3. The van der Waals surface area contributed by atoms with Crippen molar-refractivity contribution in [2.75, 3.05) is 46.0 Å². The van der Waals surface area contributed by atoms with E-state index in [2.05, 4.69) is 23.1 Å². The maximum Gasteiger partial charge on any atom is 0.256 e. The average Bonchev–Trinajstić information content (AvgIpc) is 3.19. The molecular weight excluding hydrogens is 340 g/mol. The van der Waals surface area contributed by atoms with Crippen molar-refractivity contribution in [3.63, 3.8) is 0 Å². The molecule has 5 heteroatoms. The van der Waals surface area contributed by atoms with E-state index in [0.29, 0.717) is 13.2 Å². The van der Waals surface area contributed by atoms with Gasteiger partial charge in [-0.25, -0.2) is 0 Å². The van der Waals surface area contributed by atoms with Gasteiger partial charge in [0.25, 0.3) is 5.91 Å². The van der Waals surface area contributed by atoms with Crippen molar-refractivity contribution in [3.8, 4) is 0 Å². The summed E-state index contributed by atoms with van der Waals surface area (Å²) in [7, 11) is 0. The second kappa shape index (κ2) is 6.75. The number of benzene rings is 2. The number of nitrogens with zero attached hydrogens (tertiary/aromatic N) is 2. The van der Waals surface area contributed by atoms with E-state index in [-0.39, 0.29) is 11.8 Å². The SMILES string of the molecule is O=C1c2ccccc2[C@@H](CN2CCOCC2)[C@@]2(c3ccccc3)OCCN12. The summed E-state index contributed by atoms with van der Waals surface area (Å²) in [4.78, 5) is 17.7. The fourth-order valence-electron chi connectivity index (χ4n) is 4.81. The number of carbonyl (C=O) groups excluding carboxylic acids is 1. The van der Waals surface area contributed by atoms with Crippen LogP contribution >= 0.6 is 0 Å². The predicted octanol–water partition coefficient (Wildman–Crippen LogP) is 2.44. The van der Waals surface area contributed by atoms with E-state index in [1.165, 1.54) is 0 Å². The monoisotopic (exact) mass is 364 g/mol. The molecule has 0 unspecified atom stereocenters. The summed E-state index contributed by atoms with van der Waals surface area (Å²) in [5.41, 5.74) is 2.23. The van der Waals surface area contributed by atoms with Crippen molar-refractivity contribution >= 4 is 5.91 Å². The van der Waals surface area contributed by atoms with Gasteiger partial charge in [-0.05, 0) is 11.6 Å². The van der Waals surface area contributed by atoms with Gasteiger partial charge in [-0.2, -0.15) is 0 Å². The summed E-state index contributed by atoms with van der Waals surface area (Å²) in [6.07, 6.45) is 0. The van der Waals surface area contributed by atoms with Crippen LogP contribution in [-0.4, -0.2) is 61.7 Å². The van der Waals surface area contributed by atoms with Gasteiger partial charge in [-0.1, -0.05) is 48.5 Å². The minimum Gasteiger partial charge on any atom is -0.379 e. The van der Waals surface area contributed by atoms with Gasteiger partial charge in [-0.15, -0.1) is 0 Å². The number of hydrogen-bond acceptors (Lipinski definition) is 4. The van der Waals surface area contributed by atoms with Gasteiger partial charge in [0.2, 0.25) is 0 Å². The van der Waals surface area contributed by atoms with Gasteiger partial charge < -0.3 is 14.4 Å². The number of morpholine rings is 1. The molecule has 5 nitrogen and oxygen atoms in total. The molecule has 27 heavy (non-hydrogen) atoms. The van der Waals surface area contributed by atoms with Gasteiger partial charge >= 0.3 is 0 Å². The smallest absolute Gasteiger partial charge is 0.256 e. The van der Waals surface area contributed by atoms with Crippen molar-refractivity contribution in [2.24, 2.45) is 0 Å². The second-order valence-electron chi connectivity index (χ2n) is 7.42. The van der Waals surface area contributed by atoms with Gasteiger partial charge in [0.05, 0.1) is 25.7 Å². The molecule has 2 atom stereocenters. The Morgan fingerprint density at radius 2 is 1.67 bits per heavy atom. The number of ether oxygens (including phenoxy) is 2. The van der Waals surface area contributed by atoms with E-state index in [1.54, 1.807) is 0 Å². The first-order valence-corrected chi connectivity index (χ1v) is 9.71. The topological polar surface area (TPSA) is 42.0 Å². The summed E-state index contributed by atoms with van der Waals surface area (Å²) in [6, 6.07) is 18.3. The zero-order valence-corrected chi connectivity index (χ0v) is 15.3. The largest absolute Gasteiger partial charge is 0.379 e. The quantitative estimate of drug-likeness (QED) is 0.839. The van der Waals surface area contributed by atoms with E-state index < -0.39 is 5.72 Å². The maximum atomic E-state index is 13.3. The van der Waals surface area contributed by atoms with E-state index >= 15 is 0 Å². The van der Waals surface area contributed by atoms with Crippen molar-refractivity contribution in [1.82, 2.24) is 9.80 Å². The highest BCUT2D eigenvalue weighted by molar-refractivity contribution is 5.98. The van der Waals surface area contributed by atoms with E-state index in [0.717, 1.165) is 49.5 Å². The highest BCUT2D eigenvalue weighted by Crippen LogP contribution is 2.51. The maximum absolute atomic E-state index is 13.3. The van der Waals surface area contributed by atoms with Crippen LogP contribution < -0.4 is 0 Å². The molecule has 2 aromatic rings. The number of rotatable bonds is 3. The molecule has 0 aromatic heterocycles. The number of fused-ring (bicyclic) bond motifs is 2. The van der Waals surface area contributed by atoms with Gasteiger partial charge in [0.15, 0.2) is 5.72 Å². The highest BCUT2D eigenvalue weighted by Gasteiger charge is 2.56. The molecule has 0 N–H and O–H groups in total. The highest BCUT2D eigenvalue weighted by atomic mass is 16.5. The normalized spacial score (nSPS) is 28.1. The lowest BCUT2D eigenvalue weighted by Gasteiger charge is -2.49. The molecule has 1 amide bonds. The van der Waals surface area contributed by atoms with E-state index in [1.807, 2.05) is 41.3 Å². The van der Waals surface area contributed by atoms with Crippen molar-refractivity contribution < 1.29 is 14.3 Å². The van der Waals surface area contributed by atoms with Gasteiger partial charge in [0.1, 0.15) is 0 Å². The zero-order chi connectivity index (χ0) is 18.3. The van der Waals surface area contributed by atoms with Crippen LogP contribution in [0.5, 0.6) is 0 Å². The molecule has 140 valence electrons. The average molecular weight is 364 g/mol. The molecule has 2 aromatic carbocycles. The van der Waals surface area contributed by atoms with Crippen LogP contribution in [0.25, 0.3) is 0 Å². The van der Waals surface area contributed by atoms with Crippen molar-refractivity contribution in [2.45, 2.75) is 11.6 Å². The first kappa shape index (κ1) is 16.9. The Hall–Kier alpha value is -2.21. The van der Waals surface area contributed by atoms with E-state index in [4.69, 9.17) is 9.47 Å². The van der Waals surface area contributed by atoms with Crippen molar-refractivity contribution in [1.29, 1.82) is 0 Å². The Bertz CT molecular complexity index is 834. The van der Waals surface area contributed by atoms with Crippen LogP contribution in [0.15, 0.2) is 54.6 Å². The summed E-state index contributed by atoms with van der Waals surface area (Å²) in [5.74, 6) is 0.139. The summed E-state index contributed by atoms with van der Waals surface area (Å²) >= 11 is 0. The molecule has 2 fully saturated rings. The molecule has 0 bridgehead atoms. The number of amides is 1.